The number of amides is 3. The third-order valence-corrected chi connectivity index (χ3v) is 11.1. The lowest BCUT2D eigenvalue weighted by molar-refractivity contribution is -0.000511. The first-order valence-corrected chi connectivity index (χ1v) is 17.8. The third kappa shape index (κ3) is 6.16. The van der Waals surface area contributed by atoms with Crippen LogP contribution < -0.4 is 20.4 Å². The van der Waals surface area contributed by atoms with Gasteiger partial charge in [0.2, 0.25) is 0 Å². The zero-order valence-corrected chi connectivity index (χ0v) is 28.6. The van der Waals surface area contributed by atoms with E-state index in [1.54, 1.807) is 24.3 Å². The summed E-state index contributed by atoms with van der Waals surface area (Å²) >= 11 is 1.45. The van der Waals surface area contributed by atoms with Crippen molar-refractivity contribution >= 4 is 51.9 Å². The van der Waals surface area contributed by atoms with Gasteiger partial charge < -0.3 is 25.2 Å². The van der Waals surface area contributed by atoms with Crippen molar-refractivity contribution in [3.05, 3.63) is 124 Å². The van der Waals surface area contributed by atoms with Crippen molar-refractivity contribution in [1.82, 2.24) is 4.98 Å². The minimum atomic E-state index is -0.229. The monoisotopic (exact) mass is 683 g/mol. The molecule has 0 atom stereocenters. The molecule has 5 heterocycles. The van der Waals surface area contributed by atoms with Gasteiger partial charge >= 0.3 is 0 Å². The summed E-state index contributed by atoms with van der Waals surface area (Å²) in [6.45, 7) is 5.73. The first-order valence-electron chi connectivity index (χ1n) is 17.0. The van der Waals surface area contributed by atoms with Gasteiger partial charge in [0.1, 0.15) is 5.82 Å². The van der Waals surface area contributed by atoms with Crippen LogP contribution in [0.25, 0.3) is 10.4 Å². The van der Waals surface area contributed by atoms with Gasteiger partial charge in [0, 0.05) is 71.8 Å². The summed E-state index contributed by atoms with van der Waals surface area (Å²) in [5.41, 5.74) is 6.35. The van der Waals surface area contributed by atoms with E-state index in [1.165, 1.54) is 11.3 Å². The number of ether oxygens (including phenoxy) is 1. The number of rotatable bonds is 6. The van der Waals surface area contributed by atoms with E-state index in [0.29, 0.717) is 40.5 Å². The van der Waals surface area contributed by atoms with Gasteiger partial charge in [0.05, 0.1) is 16.1 Å². The molecule has 0 bridgehead atoms. The highest BCUT2D eigenvalue weighted by molar-refractivity contribution is 7.17. The number of aryl methyl sites for hydroxylation is 1. The van der Waals surface area contributed by atoms with E-state index in [1.807, 2.05) is 84.8 Å². The van der Waals surface area contributed by atoms with Crippen LogP contribution in [0.15, 0.2) is 97.2 Å². The fourth-order valence-corrected chi connectivity index (χ4v) is 8.34. The summed E-state index contributed by atoms with van der Waals surface area (Å²) in [5.74, 6) is 0.199. The smallest absolute Gasteiger partial charge is 0.265 e. The van der Waals surface area contributed by atoms with E-state index in [4.69, 9.17) is 4.74 Å². The minimum absolute atomic E-state index is 0.127. The molecule has 0 unspecified atom stereocenters. The lowest BCUT2D eigenvalue weighted by Gasteiger charge is -2.53. The number of aromatic nitrogens is 1. The topological polar surface area (TPSA) is 104 Å². The number of thiophene rings is 1. The molecule has 0 aliphatic carbocycles. The summed E-state index contributed by atoms with van der Waals surface area (Å²) < 4.78 is 5.57. The molecule has 3 aromatic carbocycles. The van der Waals surface area contributed by atoms with Gasteiger partial charge in [-0.3, -0.25) is 14.4 Å². The van der Waals surface area contributed by atoms with Crippen LogP contribution in [0, 0.1) is 12.3 Å². The Bertz CT molecular complexity index is 2080. The molecule has 252 valence electrons. The molecule has 2 saturated heterocycles. The minimum Gasteiger partial charge on any atom is -0.381 e. The Balaban J connectivity index is 0.973. The first-order chi connectivity index (χ1) is 24.4. The van der Waals surface area contributed by atoms with Gasteiger partial charge in [-0.25, -0.2) is 4.98 Å². The molecule has 9 nitrogen and oxygen atoms in total. The predicted molar refractivity (Wildman–Crippen MR) is 198 cm³/mol. The molecule has 5 aromatic rings. The predicted octanol–water partition coefficient (Wildman–Crippen LogP) is 7.44. The molecule has 10 heteroatoms. The highest BCUT2D eigenvalue weighted by Gasteiger charge is 2.45. The number of nitrogens with one attached hydrogen (secondary N) is 2. The van der Waals surface area contributed by atoms with E-state index in [9.17, 15) is 14.4 Å². The van der Waals surface area contributed by atoms with Crippen LogP contribution in [-0.2, 0) is 11.2 Å². The van der Waals surface area contributed by atoms with Crippen LogP contribution in [0.4, 0.5) is 22.9 Å². The Kier molecular flexibility index (Phi) is 8.42. The molecular formula is C40H37N5O4S. The summed E-state index contributed by atoms with van der Waals surface area (Å²) in [7, 11) is 0. The van der Waals surface area contributed by atoms with E-state index in [-0.39, 0.29) is 23.1 Å². The Morgan fingerprint density at radius 2 is 1.54 bits per heavy atom. The molecule has 0 radical (unpaired) electrons. The number of hydrogen-bond donors (Lipinski definition) is 2. The number of pyridine rings is 1. The molecule has 2 fully saturated rings. The summed E-state index contributed by atoms with van der Waals surface area (Å²) in [4.78, 5) is 51.0. The number of anilines is 4. The van der Waals surface area contributed by atoms with Crippen molar-refractivity contribution in [3.63, 3.8) is 0 Å². The maximum absolute atomic E-state index is 14.0. The third-order valence-electron chi connectivity index (χ3n) is 9.90. The molecule has 2 N–H and O–H groups in total. The van der Waals surface area contributed by atoms with Crippen molar-refractivity contribution in [2.75, 3.05) is 53.3 Å². The van der Waals surface area contributed by atoms with Crippen molar-refractivity contribution in [2.24, 2.45) is 5.41 Å². The molecule has 8 rings (SSSR count). The number of benzene rings is 3. The van der Waals surface area contributed by atoms with Crippen LogP contribution >= 0.6 is 11.3 Å². The summed E-state index contributed by atoms with van der Waals surface area (Å²) in [6, 6.07) is 28.1. The zero-order chi connectivity index (χ0) is 34.2. The second-order valence-corrected chi connectivity index (χ2v) is 14.4. The lowest BCUT2D eigenvalue weighted by Crippen LogP contribution is -2.59. The van der Waals surface area contributed by atoms with E-state index in [2.05, 4.69) is 20.5 Å². The second kappa shape index (κ2) is 13.2. The van der Waals surface area contributed by atoms with Crippen LogP contribution in [-0.4, -0.2) is 55.6 Å². The van der Waals surface area contributed by atoms with Crippen molar-refractivity contribution in [1.29, 1.82) is 0 Å². The standard InChI is InChI=1S/C40H37N5O4S/c1-26-21-32(36(41-23-26)44-24-40(25-44)16-19-49-20-17-40)37(46)42-30-13-11-27(12-14-30)39(48)45-18-15-28-22-34(38(47)43-29-7-3-2-4-8-29)50-35(28)31-9-5-6-10-33(31)45/h2-14,21-23H,15-20,24-25H2,1H3,(H,42,46)(H,43,47). The Morgan fingerprint density at radius 3 is 2.32 bits per heavy atom. The highest BCUT2D eigenvalue weighted by Crippen LogP contribution is 2.43. The normalized spacial score (nSPS) is 16.1. The molecule has 2 aromatic heterocycles. The number of carbonyl (C=O) groups excluding carboxylic acids is 3. The van der Waals surface area contributed by atoms with Crippen LogP contribution in [0.1, 0.15) is 54.4 Å². The van der Waals surface area contributed by atoms with Gasteiger partial charge in [-0.05, 0) is 91.9 Å². The number of fused-ring (bicyclic) bond motifs is 3. The average Bonchev–Trinajstić information content (AvgIpc) is 3.50. The maximum Gasteiger partial charge on any atom is 0.265 e. The van der Waals surface area contributed by atoms with E-state index < -0.39 is 0 Å². The molecule has 1 spiro atoms. The van der Waals surface area contributed by atoms with Crippen molar-refractivity contribution < 1.29 is 19.1 Å². The number of para-hydroxylation sites is 2. The van der Waals surface area contributed by atoms with Crippen LogP contribution in [0.3, 0.4) is 0 Å². The van der Waals surface area contributed by atoms with Gasteiger partial charge in [-0.2, -0.15) is 0 Å². The van der Waals surface area contributed by atoms with Crippen LogP contribution in [0.2, 0.25) is 0 Å². The molecule has 50 heavy (non-hydrogen) atoms. The summed E-state index contributed by atoms with van der Waals surface area (Å²) in [6.07, 6.45) is 4.49. The highest BCUT2D eigenvalue weighted by atomic mass is 32.1. The first kappa shape index (κ1) is 31.9. The molecule has 0 saturated carbocycles. The molecular weight excluding hydrogens is 647 g/mol. The lowest BCUT2D eigenvalue weighted by atomic mass is 9.73. The Morgan fingerprint density at radius 1 is 0.840 bits per heavy atom. The largest absolute Gasteiger partial charge is 0.381 e. The van der Waals surface area contributed by atoms with Gasteiger partial charge in [0.15, 0.2) is 0 Å². The van der Waals surface area contributed by atoms with Crippen molar-refractivity contribution in [2.45, 2.75) is 26.2 Å². The van der Waals surface area contributed by atoms with Gasteiger partial charge in [0.25, 0.3) is 17.7 Å². The van der Waals surface area contributed by atoms with Crippen LogP contribution in [0.5, 0.6) is 0 Å². The molecule has 3 aliphatic rings. The molecule has 3 amide bonds. The van der Waals surface area contributed by atoms with E-state index >= 15 is 0 Å². The zero-order valence-electron chi connectivity index (χ0n) is 27.8. The maximum atomic E-state index is 14.0. The Labute approximate surface area is 294 Å². The average molecular weight is 684 g/mol. The fraction of sp³-hybridized carbons (Fsp3) is 0.250. The number of carbonyl (C=O) groups is 3. The van der Waals surface area contributed by atoms with Gasteiger partial charge in [-0.1, -0.05) is 36.4 Å². The number of hydrogen-bond acceptors (Lipinski definition) is 7. The summed E-state index contributed by atoms with van der Waals surface area (Å²) in [5, 5.41) is 6.01. The SMILES string of the molecule is Cc1cnc(N2CC3(CCOCC3)C2)c(C(=O)Nc2ccc(C(=O)N3CCc4cc(C(=O)Nc5ccccc5)sc4-c4ccccc43)cc2)c1. The molecule has 3 aliphatic heterocycles. The van der Waals surface area contributed by atoms with Gasteiger partial charge in [-0.15, -0.1) is 11.3 Å². The quantitative estimate of drug-likeness (QED) is 0.193. The van der Waals surface area contributed by atoms with E-state index in [0.717, 1.165) is 72.1 Å². The number of nitrogens with zero attached hydrogens (tertiary/aromatic N) is 3. The fourth-order valence-electron chi connectivity index (χ4n) is 7.20. The van der Waals surface area contributed by atoms with Crippen molar-refractivity contribution in [3.8, 4) is 10.4 Å². The Hall–Kier alpha value is -5.32. The second-order valence-electron chi connectivity index (χ2n) is 13.4.